The van der Waals surface area contributed by atoms with Gasteiger partial charge in [0.15, 0.2) is 0 Å². The molecule has 1 rings (SSSR count). The van der Waals surface area contributed by atoms with E-state index in [0.717, 1.165) is 0 Å². The van der Waals surface area contributed by atoms with Crippen molar-refractivity contribution in [3.8, 4) is 0 Å². The highest BCUT2D eigenvalue weighted by atomic mass is 14.0. The van der Waals surface area contributed by atoms with Crippen molar-refractivity contribution in [1.82, 2.24) is 0 Å². The van der Waals surface area contributed by atoms with Gasteiger partial charge in [-0.15, -0.1) is 6.58 Å². The lowest BCUT2D eigenvalue weighted by Gasteiger charge is -1.88. The van der Waals surface area contributed by atoms with Gasteiger partial charge in [0.05, 0.1) is 0 Å². The second-order valence-corrected chi connectivity index (χ2v) is 1.58. The molecule has 36 valence electrons. The van der Waals surface area contributed by atoms with E-state index in [1.807, 2.05) is 18.2 Å². The molecule has 0 heteroatoms. The van der Waals surface area contributed by atoms with E-state index in [9.17, 15) is 0 Å². The van der Waals surface area contributed by atoms with Crippen LogP contribution in [0.4, 0.5) is 0 Å². The molecule has 1 aliphatic rings. The van der Waals surface area contributed by atoms with Gasteiger partial charge in [0, 0.05) is 5.92 Å². The topological polar surface area (TPSA) is 0 Å². The second kappa shape index (κ2) is 1.78. The van der Waals surface area contributed by atoms with E-state index in [2.05, 4.69) is 18.7 Å². The molecule has 0 fully saturated rings. The Morgan fingerprint density at radius 3 is 2.14 bits per heavy atom. The molecule has 0 atom stereocenters. The molecule has 0 saturated carbocycles. The zero-order valence-electron chi connectivity index (χ0n) is 4.17. The summed E-state index contributed by atoms with van der Waals surface area (Å²) in [5.41, 5.74) is 0. The van der Waals surface area contributed by atoms with Crippen molar-refractivity contribution in [3.63, 3.8) is 0 Å². The fourth-order valence-electron chi connectivity index (χ4n) is 0.606. The van der Waals surface area contributed by atoms with Gasteiger partial charge in [0.2, 0.25) is 0 Å². The lowest BCUT2D eigenvalue weighted by atomic mass is 10.2. The third-order valence-electron chi connectivity index (χ3n) is 1.05. The zero-order valence-corrected chi connectivity index (χ0v) is 4.17. The molecule has 0 nitrogen and oxygen atoms in total. The second-order valence-electron chi connectivity index (χ2n) is 1.58. The molecule has 0 heterocycles. The van der Waals surface area contributed by atoms with E-state index < -0.39 is 0 Å². The first kappa shape index (κ1) is 4.38. The Balaban J connectivity index is 2.59. The van der Waals surface area contributed by atoms with E-state index in [4.69, 9.17) is 0 Å². The van der Waals surface area contributed by atoms with Crippen LogP contribution in [0.15, 0.2) is 37.0 Å². The van der Waals surface area contributed by atoms with Crippen LogP contribution in [-0.2, 0) is 0 Å². The van der Waals surface area contributed by atoms with Crippen molar-refractivity contribution in [3.05, 3.63) is 37.0 Å². The Kier molecular flexibility index (Phi) is 1.12. The maximum atomic E-state index is 3.64. The van der Waals surface area contributed by atoms with E-state index in [-0.39, 0.29) is 0 Å². The Morgan fingerprint density at radius 1 is 1.29 bits per heavy atom. The van der Waals surface area contributed by atoms with Crippen molar-refractivity contribution in [2.45, 2.75) is 0 Å². The van der Waals surface area contributed by atoms with Crippen molar-refractivity contribution in [1.29, 1.82) is 0 Å². The molecule has 7 heavy (non-hydrogen) atoms. The van der Waals surface area contributed by atoms with Crippen LogP contribution < -0.4 is 0 Å². The molecule has 0 amide bonds. The summed E-state index contributed by atoms with van der Waals surface area (Å²) in [5, 5.41) is 0. The maximum Gasteiger partial charge on any atom is 0.0131 e. The van der Waals surface area contributed by atoms with Crippen LogP contribution in [0.1, 0.15) is 0 Å². The van der Waals surface area contributed by atoms with Gasteiger partial charge < -0.3 is 0 Å². The van der Waals surface area contributed by atoms with Crippen molar-refractivity contribution in [2.24, 2.45) is 5.92 Å². The maximum absolute atomic E-state index is 3.64. The van der Waals surface area contributed by atoms with Crippen molar-refractivity contribution >= 4 is 0 Å². The average Bonchev–Trinajstić information content (AvgIpc) is 2.14. The van der Waals surface area contributed by atoms with Crippen LogP contribution in [0, 0.1) is 5.92 Å². The summed E-state index contributed by atoms with van der Waals surface area (Å²) in [6, 6.07) is 0. The number of rotatable bonds is 1. The summed E-state index contributed by atoms with van der Waals surface area (Å²) >= 11 is 0. The highest BCUT2D eigenvalue weighted by Crippen LogP contribution is 2.07. The van der Waals surface area contributed by atoms with Gasteiger partial charge in [-0.1, -0.05) is 30.4 Å². The molecular weight excluding hydrogens is 84.1 g/mol. The smallest absolute Gasteiger partial charge is 0.0131 e. The van der Waals surface area contributed by atoms with Crippen LogP contribution >= 0.6 is 0 Å². The Labute approximate surface area is 43.9 Å². The first-order valence-corrected chi connectivity index (χ1v) is 2.41. The van der Waals surface area contributed by atoms with Crippen molar-refractivity contribution < 1.29 is 0 Å². The highest BCUT2D eigenvalue weighted by molar-refractivity contribution is 5.21. The van der Waals surface area contributed by atoms with Gasteiger partial charge >= 0.3 is 0 Å². The largest absolute Gasteiger partial charge is 0.102 e. The molecule has 1 aliphatic carbocycles. The minimum absolute atomic E-state index is 0.500. The van der Waals surface area contributed by atoms with Gasteiger partial charge in [0.1, 0.15) is 0 Å². The minimum Gasteiger partial charge on any atom is -0.102 e. The van der Waals surface area contributed by atoms with Crippen LogP contribution in [-0.4, -0.2) is 0 Å². The van der Waals surface area contributed by atoms with Gasteiger partial charge in [0.25, 0.3) is 0 Å². The molecule has 0 aromatic rings. The highest BCUT2D eigenvalue weighted by Gasteiger charge is 1.93. The Bertz CT molecular complexity index is 106. The minimum atomic E-state index is 0.500. The standard InChI is InChI=1S/C7H8/c1-2-7-5-3-4-6-7/h2-7H,1H2. The molecule has 0 aromatic heterocycles. The van der Waals surface area contributed by atoms with E-state index >= 15 is 0 Å². The lowest BCUT2D eigenvalue weighted by Crippen LogP contribution is -1.76. The van der Waals surface area contributed by atoms with E-state index in [0.29, 0.717) is 5.92 Å². The molecule has 0 bridgehead atoms. The van der Waals surface area contributed by atoms with Gasteiger partial charge in [-0.2, -0.15) is 0 Å². The first-order valence-electron chi connectivity index (χ1n) is 2.41. The van der Waals surface area contributed by atoms with Gasteiger partial charge in [-0.25, -0.2) is 0 Å². The Hall–Kier alpha value is -0.780. The zero-order chi connectivity index (χ0) is 5.11. The quantitative estimate of drug-likeness (QED) is 0.433. The summed E-state index contributed by atoms with van der Waals surface area (Å²) in [7, 11) is 0. The molecule has 0 unspecified atom stereocenters. The molecule has 0 saturated heterocycles. The fourth-order valence-corrected chi connectivity index (χ4v) is 0.606. The summed E-state index contributed by atoms with van der Waals surface area (Å²) in [6.07, 6.45) is 10.2. The predicted molar refractivity (Wildman–Crippen MR) is 32.0 cm³/mol. The number of hydrogen-bond acceptors (Lipinski definition) is 0. The van der Waals surface area contributed by atoms with Crippen LogP contribution in [0.2, 0.25) is 0 Å². The molecule has 0 N–H and O–H groups in total. The Morgan fingerprint density at radius 2 is 1.86 bits per heavy atom. The summed E-state index contributed by atoms with van der Waals surface area (Å²) in [5.74, 6) is 0.500. The number of hydrogen-bond donors (Lipinski definition) is 0. The van der Waals surface area contributed by atoms with Crippen LogP contribution in [0.25, 0.3) is 0 Å². The molecular formula is C7H8. The molecule has 0 spiro atoms. The lowest BCUT2D eigenvalue weighted by molar-refractivity contribution is 1.10. The first-order chi connectivity index (χ1) is 3.43. The third kappa shape index (κ3) is 0.801. The summed E-state index contributed by atoms with van der Waals surface area (Å²) in [4.78, 5) is 0. The van der Waals surface area contributed by atoms with E-state index in [1.54, 1.807) is 0 Å². The normalized spacial score (nSPS) is 18.3. The molecule has 0 radical (unpaired) electrons. The van der Waals surface area contributed by atoms with Gasteiger partial charge in [-0.05, 0) is 0 Å². The fraction of sp³-hybridized carbons (Fsp3) is 0.143. The molecule has 0 aliphatic heterocycles. The summed E-state index contributed by atoms with van der Waals surface area (Å²) in [6.45, 7) is 3.64. The number of allylic oxidation sites excluding steroid dienone is 5. The molecule has 0 aromatic carbocycles. The third-order valence-corrected chi connectivity index (χ3v) is 1.05. The monoisotopic (exact) mass is 92.1 g/mol. The predicted octanol–water partition coefficient (Wildman–Crippen LogP) is 1.91. The van der Waals surface area contributed by atoms with Crippen LogP contribution in [0.5, 0.6) is 0 Å². The average molecular weight is 92.1 g/mol. The SMILES string of the molecule is C=CC1C=CC=C1. The summed E-state index contributed by atoms with van der Waals surface area (Å²) < 4.78 is 0. The van der Waals surface area contributed by atoms with Crippen molar-refractivity contribution in [2.75, 3.05) is 0 Å². The van der Waals surface area contributed by atoms with E-state index in [1.165, 1.54) is 0 Å². The van der Waals surface area contributed by atoms with Crippen LogP contribution in [0.3, 0.4) is 0 Å². The van der Waals surface area contributed by atoms with Gasteiger partial charge in [-0.3, -0.25) is 0 Å².